The quantitative estimate of drug-likeness (QED) is 0.00843. The summed E-state index contributed by atoms with van der Waals surface area (Å²) < 4.78 is 224. The number of aromatic amines is 2. The Morgan fingerprint density at radius 3 is 1.05 bits per heavy atom. The van der Waals surface area contributed by atoms with Gasteiger partial charge in [0.15, 0.2) is 17.5 Å². The molecule has 0 saturated carbocycles. The van der Waals surface area contributed by atoms with Crippen LogP contribution >= 0.6 is 80.6 Å². The zero-order valence-electron chi connectivity index (χ0n) is 69.2. The van der Waals surface area contributed by atoms with Gasteiger partial charge in [-0.05, 0) is 238 Å². The molecular weight excluding hydrogens is 2050 g/mol. The lowest BCUT2D eigenvalue weighted by atomic mass is 10.1. The molecule has 50 heteroatoms. The number of H-pyrrole nitrogens is 2. The first-order chi connectivity index (χ1) is 64.2. The van der Waals surface area contributed by atoms with Gasteiger partial charge in [0.25, 0.3) is 0 Å². The van der Waals surface area contributed by atoms with Gasteiger partial charge in [-0.15, -0.1) is 91.3 Å². The van der Waals surface area contributed by atoms with E-state index >= 15 is 0 Å². The molecule has 0 fully saturated rings. The van der Waals surface area contributed by atoms with Crippen LogP contribution in [-0.2, 0) is 16.0 Å². The molecule has 0 aliphatic rings. The van der Waals surface area contributed by atoms with Crippen molar-refractivity contribution < 1.29 is 133 Å². The highest BCUT2D eigenvalue weighted by Gasteiger charge is 2.36. The smallest absolute Gasteiger partial charge is 0.537 e. The second kappa shape index (κ2) is 48.3. The van der Waals surface area contributed by atoms with Crippen molar-refractivity contribution in [3.63, 3.8) is 0 Å². The molecule has 11 N–H and O–H groups in total. The fourth-order valence-corrected chi connectivity index (χ4v) is 12.9. The van der Waals surface area contributed by atoms with Gasteiger partial charge in [-0.1, -0.05) is 148 Å². The molecule has 0 spiro atoms. The summed E-state index contributed by atoms with van der Waals surface area (Å²) in [6, 6.07) is 61.6. The number of methoxy groups -OCH3 is 1. The van der Waals surface area contributed by atoms with Crippen molar-refractivity contribution >= 4 is 152 Å². The van der Waals surface area contributed by atoms with Crippen LogP contribution in [0.15, 0.2) is 237 Å². The standard InChI is InChI=1S/C26H22ClF3N4O4.C18H14ClF3N4O3.C16H10ClF3N4O3.C13H9ClF3NO.C7H3ClF3IO.C6H7BNO2/c1-3-37-25(35)23-24(34(33-32-23)15-16-4-11-20(36-2)12-5-16)31-19-9-6-17(7-10-19)18-8-13-22(21(27)14-18)38-26(28,29)30;1-2-28-17(27)15-16(25-26-24-15)23-12-6-3-10(4-7-12)11-5-8-14(13(19)9-11)29-18(20,21)22;17-11-7-9(3-6-12(11)27-16(18,19)20)8-1-4-10(5-2-8)21-14-13(15(25)26)22-24-23-14;14-11-7-9(8-1-4-10(18)5-2-8)3-6-12(11)19-13(15,16)17;8-5-3-4(12)1-2-6(5)13-7(9,10)11;8-5-1-3-6(4-2-5)10-7-9/h4-14,31H,3,15H2,1-2H3;3-9H,2H2,1H3,(H2,23,24,25,26);1-7H,(H,25,26)(H2,21,22,23,24);1-7H,18H2;1-3H;1-4,9H,8H2. The third kappa shape index (κ3) is 33.9. The van der Waals surface area contributed by atoms with Crippen LogP contribution in [0.1, 0.15) is 50.9 Å². The minimum atomic E-state index is -4.84. The molecule has 11 aromatic carbocycles. The summed E-state index contributed by atoms with van der Waals surface area (Å²) >= 11 is 30.9. The molecular formula is C86H65BCl5F15IN14O14. The van der Waals surface area contributed by atoms with Crippen molar-refractivity contribution in [1.29, 1.82) is 0 Å². The fourth-order valence-electron chi connectivity index (χ4n) is 11.1. The third-order valence-electron chi connectivity index (χ3n) is 17.0. The van der Waals surface area contributed by atoms with E-state index in [0.29, 0.717) is 98.9 Å². The molecule has 0 aliphatic carbocycles. The molecule has 0 saturated heterocycles. The number of anilines is 8. The van der Waals surface area contributed by atoms with E-state index in [0.717, 1.165) is 32.9 Å². The van der Waals surface area contributed by atoms with Crippen molar-refractivity contribution in [2.24, 2.45) is 0 Å². The van der Waals surface area contributed by atoms with E-state index in [2.05, 4.69) is 85.4 Å². The van der Waals surface area contributed by atoms with Gasteiger partial charge in [-0.3, -0.25) is 0 Å². The molecule has 0 unspecified atom stereocenters. The van der Waals surface area contributed by atoms with Gasteiger partial charge in [0.2, 0.25) is 17.1 Å². The Labute approximate surface area is 798 Å². The van der Waals surface area contributed by atoms with Gasteiger partial charge in [0, 0.05) is 32.0 Å². The fraction of sp³-hybridized carbons (Fsp3) is 0.128. The lowest BCUT2D eigenvalue weighted by Gasteiger charge is -2.13. The number of esters is 2. The van der Waals surface area contributed by atoms with Crippen LogP contribution in [0.2, 0.25) is 25.1 Å². The molecule has 28 nitrogen and oxygen atoms in total. The monoisotopic (exact) mass is 2120 g/mol. The number of nitrogen functional groups attached to an aromatic ring is 2. The number of halogens is 21. The van der Waals surface area contributed by atoms with Crippen LogP contribution in [0.25, 0.3) is 44.5 Å². The highest BCUT2D eigenvalue weighted by molar-refractivity contribution is 14.1. The van der Waals surface area contributed by atoms with Crippen molar-refractivity contribution in [1.82, 2.24) is 45.8 Å². The number of carbonyl (C=O) groups is 3. The molecule has 713 valence electrons. The Balaban J connectivity index is 0.000000192. The number of carboxylic acid groups (broad SMARTS) is 1. The number of nitrogens with zero attached hydrogens (tertiary/aromatic N) is 7. The summed E-state index contributed by atoms with van der Waals surface area (Å²) in [5.74, 6) is -2.86. The van der Waals surface area contributed by atoms with Crippen molar-refractivity contribution in [3.05, 3.63) is 288 Å². The Bertz CT molecular complexity index is 6330. The predicted molar refractivity (Wildman–Crippen MR) is 483 cm³/mol. The number of aromatic nitrogens is 9. The lowest BCUT2D eigenvalue weighted by molar-refractivity contribution is -0.275. The highest BCUT2D eigenvalue weighted by Crippen LogP contribution is 2.41. The second-order valence-corrected chi connectivity index (χ2v) is 29.8. The molecule has 0 atom stereocenters. The topological polar surface area (TPSA) is 377 Å². The molecule has 0 aliphatic heterocycles. The number of nitrogens with one attached hydrogen (secondary N) is 5. The minimum absolute atomic E-state index is 0.0166. The van der Waals surface area contributed by atoms with E-state index in [1.807, 2.05) is 46.9 Å². The van der Waals surface area contributed by atoms with E-state index < -0.39 is 72.7 Å². The maximum absolute atomic E-state index is 12.5. The Morgan fingerprint density at radius 1 is 0.412 bits per heavy atom. The van der Waals surface area contributed by atoms with Crippen molar-refractivity contribution in [2.45, 2.75) is 52.2 Å². The molecule has 14 rings (SSSR count). The number of rotatable bonds is 25. The number of hydrogen-bond donors (Lipinski definition) is 9. The van der Waals surface area contributed by atoms with Crippen molar-refractivity contribution in [2.75, 3.05) is 47.7 Å². The Kier molecular flexibility index (Phi) is 37.5. The lowest BCUT2D eigenvalue weighted by Crippen LogP contribution is -2.17. The number of carbonyl (C=O) groups excluding carboxylic acids is 2. The average molecular weight is 2120 g/mol. The number of carboxylic acids is 1. The molecule has 14 aromatic rings. The normalized spacial score (nSPS) is 11.1. The molecule has 136 heavy (non-hydrogen) atoms. The molecule has 1 radical (unpaired) electrons. The van der Waals surface area contributed by atoms with Crippen LogP contribution < -0.4 is 60.5 Å². The van der Waals surface area contributed by atoms with Crippen molar-refractivity contribution in [3.8, 4) is 84.8 Å². The van der Waals surface area contributed by atoms with Crippen LogP contribution in [0, 0.1) is 3.57 Å². The molecule has 0 amide bonds. The van der Waals surface area contributed by atoms with Gasteiger partial charge < -0.3 is 80.1 Å². The van der Waals surface area contributed by atoms with E-state index in [4.69, 9.17) is 93.8 Å². The van der Waals surface area contributed by atoms with Gasteiger partial charge in [-0.2, -0.15) is 10.4 Å². The SMILES string of the molecule is CCOC(=O)c1n[nH]nc1Nc1ccc(-c2ccc(OC(F)(F)F)c(Cl)c2)cc1.CCOC(=O)c1nnn(Cc2ccc(OC)cc2)c1Nc1ccc(-c2ccc(OC(F)(F)F)c(Cl)c2)cc1.FC(F)(F)Oc1ccc(I)cc1Cl.Nc1ccc(-c2ccc(OC(F)(F)F)c(Cl)c2)cc1.Nc1ccc(O[B]O)cc1.O=C(O)c1n[nH]nc1Nc1ccc(-c2ccc(OC(F)(F)F)c(Cl)c2)cc1. The summed E-state index contributed by atoms with van der Waals surface area (Å²) in [5, 5.41) is 53.0. The van der Waals surface area contributed by atoms with E-state index in [1.165, 1.54) is 72.8 Å². The number of benzene rings is 11. The number of hydrogen-bond acceptors (Lipinski definition) is 24. The summed E-state index contributed by atoms with van der Waals surface area (Å²) in [4.78, 5) is 35.3. The van der Waals surface area contributed by atoms with Gasteiger partial charge >= 0.3 is 57.4 Å². The Morgan fingerprint density at radius 2 is 0.721 bits per heavy atom. The van der Waals surface area contributed by atoms with E-state index in [-0.39, 0.29) is 72.8 Å². The first-order valence-electron chi connectivity index (χ1n) is 38.1. The second-order valence-electron chi connectivity index (χ2n) is 26.5. The maximum Gasteiger partial charge on any atom is 0.573 e. The zero-order chi connectivity index (χ0) is 99.4. The van der Waals surface area contributed by atoms with Gasteiger partial charge in [-0.25, -0.2) is 19.1 Å². The van der Waals surface area contributed by atoms with Gasteiger partial charge in [0.1, 0.15) is 40.2 Å². The summed E-state index contributed by atoms with van der Waals surface area (Å²) in [7, 11) is 2.21. The number of ether oxygens (including phenoxy) is 8. The molecule has 0 bridgehead atoms. The first-order valence-corrected chi connectivity index (χ1v) is 41.0. The van der Waals surface area contributed by atoms with E-state index in [9.17, 15) is 80.2 Å². The summed E-state index contributed by atoms with van der Waals surface area (Å²) in [6.45, 7) is 4.07. The van der Waals surface area contributed by atoms with Crippen LogP contribution in [0.4, 0.5) is 112 Å². The van der Waals surface area contributed by atoms with Crippen LogP contribution in [0.3, 0.4) is 0 Å². The minimum Gasteiger partial charge on any atom is -0.537 e. The number of nitrogens with two attached hydrogens (primary N) is 2. The zero-order valence-corrected chi connectivity index (χ0v) is 75.2. The predicted octanol–water partition coefficient (Wildman–Crippen LogP) is 24.4. The van der Waals surface area contributed by atoms with Gasteiger partial charge in [0.05, 0.1) is 52.0 Å². The summed E-state index contributed by atoms with van der Waals surface area (Å²) in [5.41, 5.74) is 20.0. The Hall–Kier alpha value is -14.0. The molecule has 3 aromatic heterocycles. The number of aromatic carboxylic acids is 1. The van der Waals surface area contributed by atoms with Crippen LogP contribution in [-0.4, -0.2) is 134 Å². The molecule has 3 heterocycles. The van der Waals surface area contributed by atoms with E-state index in [1.54, 1.807) is 147 Å². The maximum atomic E-state index is 12.5. The summed E-state index contributed by atoms with van der Waals surface area (Å²) in [6.07, 6.45) is -23.9. The largest absolute Gasteiger partial charge is 0.573 e. The average Bonchev–Trinajstić information content (AvgIpc) is 1.58. The third-order valence-corrected chi connectivity index (χ3v) is 19.1. The first kappa shape index (κ1) is 106. The highest BCUT2D eigenvalue weighted by atomic mass is 127. The van der Waals surface area contributed by atoms with Crippen LogP contribution in [0.5, 0.6) is 40.2 Å². The number of alkyl halides is 15.